The molecule has 0 bridgehead atoms. The van der Waals surface area contributed by atoms with Crippen molar-refractivity contribution >= 4 is 26.7 Å². The number of sulfonamides is 1. The third-order valence-electron chi connectivity index (χ3n) is 6.69. The average molecular weight is 432 g/mol. The first-order chi connectivity index (χ1) is 14.5. The van der Waals surface area contributed by atoms with Gasteiger partial charge in [0.15, 0.2) is 5.65 Å². The molecule has 1 unspecified atom stereocenters. The normalized spacial score (nSPS) is 24.9. The molecule has 0 aromatic carbocycles. The van der Waals surface area contributed by atoms with Gasteiger partial charge in [0.1, 0.15) is 5.82 Å². The third-order valence-corrected chi connectivity index (χ3v) is 8.70. The number of aryl methyl sites for hydroxylation is 1. The third kappa shape index (κ3) is 3.42. The van der Waals surface area contributed by atoms with Gasteiger partial charge in [-0.1, -0.05) is 13.3 Å². The van der Waals surface area contributed by atoms with E-state index in [-0.39, 0.29) is 23.8 Å². The molecule has 2 aliphatic carbocycles. The molecule has 0 radical (unpaired) electrons. The van der Waals surface area contributed by atoms with Crippen molar-refractivity contribution < 1.29 is 13.5 Å². The van der Waals surface area contributed by atoms with Crippen molar-refractivity contribution in [3.63, 3.8) is 0 Å². The molecule has 162 valence electrons. The van der Waals surface area contributed by atoms with Crippen LogP contribution in [0.3, 0.4) is 0 Å². The van der Waals surface area contributed by atoms with Gasteiger partial charge in [0.05, 0.1) is 28.2 Å². The molecule has 3 aromatic rings. The number of nitrogens with one attached hydrogen (secondary N) is 2. The van der Waals surface area contributed by atoms with Gasteiger partial charge in [-0.25, -0.2) is 23.1 Å². The summed E-state index contributed by atoms with van der Waals surface area (Å²) in [6, 6.07) is 1.97. The standard InChI is InChI=1S/C21H29N5O3S/c1-2-13-10-14(25-30(28,29)15-5-6-15)11-16(13)21-24-17(4-3-9-27)19-12-23-20-18(26(19)21)7-8-22-20/h7-8,12-16,22,25,27H,2-6,9-11H2,1H3/t13-,14+,16?/m1/s1. The highest BCUT2D eigenvalue weighted by atomic mass is 32.2. The highest BCUT2D eigenvalue weighted by molar-refractivity contribution is 7.90. The van der Waals surface area contributed by atoms with Crippen LogP contribution < -0.4 is 4.72 Å². The van der Waals surface area contributed by atoms with Crippen molar-refractivity contribution in [2.45, 2.75) is 69.1 Å². The molecule has 2 aliphatic rings. The maximum Gasteiger partial charge on any atom is 0.214 e. The molecular formula is C21H29N5O3S. The van der Waals surface area contributed by atoms with Gasteiger partial charge in [0.25, 0.3) is 0 Å². The van der Waals surface area contributed by atoms with Crippen LogP contribution in [0.5, 0.6) is 0 Å². The first-order valence-corrected chi connectivity index (χ1v) is 12.5. The Morgan fingerprint density at radius 3 is 2.87 bits per heavy atom. The van der Waals surface area contributed by atoms with E-state index >= 15 is 0 Å². The predicted molar refractivity (Wildman–Crippen MR) is 115 cm³/mol. The second-order valence-corrected chi connectivity index (χ2v) is 10.7. The van der Waals surface area contributed by atoms with E-state index in [1.54, 1.807) is 0 Å². The van der Waals surface area contributed by atoms with Crippen LogP contribution in [0, 0.1) is 5.92 Å². The number of fused-ring (bicyclic) bond motifs is 3. The fourth-order valence-electron chi connectivity index (χ4n) is 5.02. The van der Waals surface area contributed by atoms with Gasteiger partial charge in [0, 0.05) is 24.8 Å². The Morgan fingerprint density at radius 1 is 1.30 bits per heavy atom. The molecule has 9 heteroatoms. The Kier molecular flexibility index (Phi) is 5.07. The molecule has 3 heterocycles. The van der Waals surface area contributed by atoms with E-state index in [1.165, 1.54) is 0 Å². The molecule has 0 aliphatic heterocycles. The van der Waals surface area contributed by atoms with Crippen LogP contribution in [0.4, 0.5) is 0 Å². The van der Waals surface area contributed by atoms with Gasteiger partial charge in [-0.05, 0) is 50.5 Å². The van der Waals surface area contributed by atoms with E-state index in [0.717, 1.165) is 60.3 Å². The lowest BCUT2D eigenvalue weighted by molar-refractivity contribution is 0.288. The number of nitrogens with zero attached hydrogens (tertiary/aromatic N) is 3. The number of imidazole rings is 1. The largest absolute Gasteiger partial charge is 0.396 e. The van der Waals surface area contributed by atoms with E-state index in [4.69, 9.17) is 4.98 Å². The van der Waals surface area contributed by atoms with Gasteiger partial charge in [-0.2, -0.15) is 0 Å². The zero-order valence-electron chi connectivity index (χ0n) is 17.2. The van der Waals surface area contributed by atoms with Gasteiger partial charge < -0.3 is 10.1 Å². The predicted octanol–water partition coefficient (Wildman–Crippen LogP) is 2.49. The number of H-pyrrole nitrogens is 1. The van der Waals surface area contributed by atoms with E-state index in [0.29, 0.717) is 18.8 Å². The van der Waals surface area contributed by atoms with Gasteiger partial charge >= 0.3 is 0 Å². The van der Waals surface area contributed by atoms with Crippen LogP contribution in [0.2, 0.25) is 0 Å². The lowest BCUT2D eigenvalue weighted by Gasteiger charge is -2.17. The maximum absolute atomic E-state index is 12.5. The Bertz CT molecular complexity index is 1160. The summed E-state index contributed by atoms with van der Waals surface area (Å²) in [5.41, 5.74) is 3.72. The van der Waals surface area contributed by atoms with Crippen LogP contribution in [0.15, 0.2) is 18.5 Å². The lowest BCUT2D eigenvalue weighted by atomic mass is 9.93. The van der Waals surface area contributed by atoms with E-state index < -0.39 is 10.0 Å². The van der Waals surface area contributed by atoms with Crippen molar-refractivity contribution in [3.8, 4) is 0 Å². The summed E-state index contributed by atoms with van der Waals surface area (Å²) in [5, 5.41) is 9.11. The molecule has 3 aromatic heterocycles. The van der Waals surface area contributed by atoms with Crippen molar-refractivity contribution in [2.24, 2.45) is 5.92 Å². The molecule has 5 rings (SSSR count). The SMILES string of the molecule is CC[C@@H]1C[C@H](NS(=O)(=O)C2CC2)CC1c1nc(CCCO)c2cnc3[nH]ccc3n12. The summed E-state index contributed by atoms with van der Waals surface area (Å²) in [6.45, 7) is 2.30. The number of rotatable bonds is 8. The molecule has 30 heavy (non-hydrogen) atoms. The van der Waals surface area contributed by atoms with E-state index in [1.807, 2.05) is 18.5 Å². The topological polar surface area (TPSA) is 112 Å². The van der Waals surface area contributed by atoms with Crippen molar-refractivity contribution in [1.82, 2.24) is 24.1 Å². The monoisotopic (exact) mass is 431 g/mol. The highest BCUT2D eigenvalue weighted by Gasteiger charge is 2.42. The Hall–Kier alpha value is -1.97. The van der Waals surface area contributed by atoms with Gasteiger partial charge in [-0.3, -0.25) is 4.40 Å². The van der Waals surface area contributed by atoms with Crippen LogP contribution >= 0.6 is 0 Å². The minimum absolute atomic E-state index is 0.0395. The number of aromatic amines is 1. The van der Waals surface area contributed by atoms with Crippen LogP contribution in [-0.4, -0.2) is 50.8 Å². The zero-order chi connectivity index (χ0) is 20.9. The molecule has 0 spiro atoms. The number of aliphatic hydroxyl groups excluding tert-OH is 1. The first kappa shape index (κ1) is 20.0. The Labute approximate surface area is 176 Å². The van der Waals surface area contributed by atoms with Crippen LogP contribution in [0.25, 0.3) is 16.7 Å². The molecule has 0 amide bonds. The van der Waals surface area contributed by atoms with E-state index in [9.17, 15) is 13.5 Å². The zero-order valence-corrected chi connectivity index (χ0v) is 18.0. The Balaban J connectivity index is 1.54. The van der Waals surface area contributed by atoms with Gasteiger partial charge in [0.2, 0.25) is 10.0 Å². The smallest absolute Gasteiger partial charge is 0.214 e. The van der Waals surface area contributed by atoms with Gasteiger partial charge in [-0.15, -0.1) is 0 Å². The minimum Gasteiger partial charge on any atom is -0.396 e. The number of hydrogen-bond acceptors (Lipinski definition) is 5. The second-order valence-electron chi connectivity index (χ2n) is 8.74. The molecule has 0 saturated heterocycles. The van der Waals surface area contributed by atoms with Crippen molar-refractivity contribution in [3.05, 3.63) is 30.0 Å². The van der Waals surface area contributed by atoms with Crippen LogP contribution in [0.1, 0.15) is 62.9 Å². The van der Waals surface area contributed by atoms with Crippen molar-refractivity contribution in [2.75, 3.05) is 6.61 Å². The van der Waals surface area contributed by atoms with Crippen LogP contribution in [-0.2, 0) is 16.4 Å². The molecule has 2 fully saturated rings. The minimum atomic E-state index is -3.20. The fourth-order valence-corrected chi connectivity index (χ4v) is 6.63. The summed E-state index contributed by atoms with van der Waals surface area (Å²) in [7, 11) is -3.20. The van der Waals surface area contributed by atoms with Crippen molar-refractivity contribution in [1.29, 1.82) is 0 Å². The Morgan fingerprint density at radius 2 is 2.13 bits per heavy atom. The molecule has 3 N–H and O–H groups in total. The second kappa shape index (κ2) is 7.62. The number of aromatic nitrogens is 4. The number of hydrogen-bond donors (Lipinski definition) is 3. The van der Waals surface area contributed by atoms with E-state index in [2.05, 4.69) is 26.0 Å². The molecular weight excluding hydrogens is 402 g/mol. The summed E-state index contributed by atoms with van der Waals surface area (Å²) < 4.78 is 30.2. The summed E-state index contributed by atoms with van der Waals surface area (Å²) in [4.78, 5) is 12.7. The quantitative estimate of drug-likeness (QED) is 0.507. The molecule has 8 nitrogen and oxygen atoms in total. The summed E-state index contributed by atoms with van der Waals surface area (Å²) >= 11 is 0. The lowest BCUT2D eigenvalue weighted by Crippen LogP contribution is -2.35. The molecule has 3 atom stereocenters. The highest BCUT2D eigenvalue weighted by Crippen LogP contribution is 2.43. The first-order valence-electron chi connectivity index (χ1n) is 11.0. The summed E-state index contributed by atoms with van der Waals surface area (Å²) in [6.07, 6.45) is 9.22. The maximum atomic E-state index is 12.5. The molecule has 2 saturated carbocycles. The fraction of sp³-hybridized carbons (Fsp3) is 0.619. The average Bonchev–Trinajstić information content (AvgIpc) is 3.21. The summed E-state index contributed by atoms with van der Waals surface area (Å²) in [5.74, 6) is 1.54. The number of aliphatic hydroxyl groups is 1.